The highest BCUT2D eigenvalue weighted by molar-refractivity contribution is 5.92. The number of halogens is 3. The van der Waals surface area contributed by atoms with E-state index in [9.17, 15) is 18.0 Å². The van der Waals surface area contributed by atoms with E-state index in [0.717, 1.165) is 0 Å². The Morgan fingerprint density at radius 3 is 2.67 bits per heavy atom. The molecule has 0 spiro atoms. The first-order chi connectivity index (χ1) is 6.82. The van der Waals surface area contributed by atoms with Gasteiger partial charge in [-0.25, -0.2) is 13.2 Å². The molecule has 2 nitrogen and oxygen atoms in total. The minimum atomic E-state index is -2.51. The monoisotopic (exact) mass is 217 g/mol. The van der Waals surface area contributed by atoms with Crippen molar-refractivity contribution in [3.8, 4) is 0 Å². The fraction of sp³-hybridized carbons (Fsp3) is 0.300. The lowest BCUT2D eigenvalue weighted by atomic mass is 10.0. The zero-order valence-electron chi connectivity index (χ0n) is 8.11. The molecule has 0 aliphatic heterocycles. The average Bonchev–Trinajstić information content (AvgIpc) is 1.99. The van der Waals surface area contributed by atoms with E-state index in [0.29, 0.717) is 12.2 Å². The molecule has 0 aromatic heterocycles. The van der Waals surface area contributed by atoms with Gasteiger partial charge in [0.1, 0.15) is 11.7 Å². The molecule has 1 atom stereocenters. The van der Waals surface area contributed by atoms with E-state index in [1.807, 2.05) is 5.32 Å². The second-order valence-electron chi connectivity index (χ2n) is 3.39. The lowest BCUT2D eigenvalue weighted by Gasteiger charge is -2.24. The molecule has 0 bridgehead atoms. The summed E-state index contributed by atoms with van der Waals surface area (Å²) in [4.78, 5) is 11.1. The van der Waals surface area contributed by atoms with Gasteiger partial charge in [0.15, 0.2) is 0 Å². The maximum Gasteiger partial charge on any atom is 0.248 e. The van der Waals surface area contributed by atoms with Gasteiger partial charge >= 0.3 is 0 Å². The first-order valence-corrected chi connectivity index (χ1v) is 4.24. The molecule has 1 aliphatic carbocycles. The molecule has 1 unspecified atom stereocenters. The third kappa shape index (κ3) is 2.97. The van der Waals surface area contributed by atoms with Crippen LogP contribution in [0, 0.1) is 0 Å². The van der Waals surface area contributed by atoms with Crippen LogP contribution in [0.4, 0.5) is 13.2 Å². The summed E-state index contributed by atoms with van der Waals surface area (Å²) in [5, 5.41) is 1.85. The summed E-state index contributed by atoms with van der Waals surface area (Å²) in [6, 6.07) is 0. The van der Waals surface area contributed by atoms with Crippen molar-refractivity contribution >= 4 is 5.91 Å². The Hall–Kier alpha value is -1.52. The second-order valence-corrected chi connectivity index (χ2v) is 3.39. The van der Waals surface area contributed by atoms with Crippen LogP contribution in [0.3, 0.4) is 0 Å². The van der Waals surface area contributed by atoms with Crippen LogP contribution in [0.15, 0.2) is 36.0 Å². The number of alkyl halides is 1. The number of hydrogen-bond acceptors (Lipinski definition) is 1. The van der Waals surface area contributed by atoms with Crippen molar-refractivity contribution in [2.45, 2.75) is 19.1 Å². The average molecular weight is 217 g/mol. The summed E-state index contributed by atoms with van der Waals surface area (Å²) in [5.74, 6) is -5.31. The summed E-state index contributed by atoms with van der Waals surface area (Å²) >= 11 is 0. The molecule has 15 heavy (non-hydrogen) atoms. The van der Waals surface area contributed by atoms with Gasteiger partial charge in [0.2, 0.25) is 11.7 Å². The Labute approximate surface area is 85.2 Å². The molecule has 0 heterocycles. The number of amides is 1. The van der Waals surface area contributed by atoms with Gasteiger partial charge in [-0.2, -0.15) is 0 Å². The number of carbonyl (C=O) groups is 1. The van der Waals surface area contributed by atoms with Crippen LogP contribution in [-0.4, -0.2) is 11.7 Å². The van der Waals surface area contributed by atoms with Crippen molar-refractivity contribution in [3.05, 3.63) is 36.0 Å². The molecule has 1 aliphatic rings. The van der Waals surface area contributed by atoms with Crippen LogP contribution in [0.1, 0.15) is 13.3 Å². The van der Waals surface area contributed by atoms with Crippen LogP contribution in [0.2, 0.25) is 0 Å². The zero-order chi connectivity index (χ0) is 11.6. The van der Waals surface area contributed by atoms with E-state index in [1.54, 1.807) is 0 Å². The second kappa shape index (κ2) is 3.92. The standard InChI is InChI=1S/C10H10F3NO/c1-6(2)9(15)14-10(13)4-7(11)3-8(12)5-10/h3-4H,1,5H2,2H3,(H,14,15). The van der Waals surface area contributed by atoms with Crippen molar-refractivity contribution in [1.29, 1.82) is 0 Å². The van der Waals surface area contributed by atoms with Crippen molar-refractivity contribution < 1.29 is 18.0 Å². The molecule has 82 valence electrons. The molecular weight excluding hydrogens is 207 g/mol. The van der Waals surface area contributed by atoms with Gasteiger partial charge in [-0.1, -0.05) is 6.58 Å². The highest BCUT2D eigenvalue weighted by atomic mass is 19.2. The van der Waals surface area contributed by atoms with Crippen LogP contribution in [-0.2, 0) is 4.79 Å². The number of allylic oxidation sites excluding steroid dienone is 2. The Bertz CT molecular complexity index is 373. The minimum absolute atomic E-state index is 0.0656. The summed E-state index contributed by atoms with van der Waals surface area (Å²) in [5.41, 5.74) is 0.0656. The van der Waals surface area contributed by atoms with Gasteiger partial charge < -0.3 is 5.32 Å². The fourth-order valence-electron chi connectivity index (χ4n) is 1.13. The maximum absolute atomic E-state index is 13.7. The number of nitrogens with one attached hydrogen (secondary N) is 1. The van der Waals surface area contributed by atoms with Gasteiger partial charge in [0.25, 0.3) is 0 Å². The topological polar surface area (TPSA) is 29.1 Å². The SMILES string of the molecule is C=C(C)C(=O)NC1(F)C=C(F)C=C(F)C1. The van der Waals surface area contributed by atoms with Crippen molar-refractivity contribution in [3.63, 3.8) is 0 Å². The minimum Gasteiger partial charge on any atom is -0.316 e. The van der Waals surface area contributed by atoms with Crippen LogP contribution in [0.25, 0.3) is 0 Å². The summed E-state index contributed by atoms with van der Waals surface area (Å²) in [6.07, 6.45) is 0.390. The van der Waals surface area contributed by atoms with Crippen LogP contribution >= 0.6 is 0 Å². The first kappa shape index (κ1) is 11.6. The molecule has 0 radical (unpaired) electrons. The third-order valence-electron chi connectivity index (χ3n) is 1.80. The molecule has 1 rings (SSSR count). The largest absolute Gasteiger partial charge is 0.316 e. The molecule has 0 fully saturated rings. The Kier molecular flexibility index (Phi) is 3.02. The molecule has 0 saturated heterocycles. The third-order valence-corrected chi connectivity index (χ3v) is 1.80. The van der Waals surface area contributed by atoms with Gasteiger partial charge in [0, 0.05) is 17.7 Å². The Morgan fingerprint density at radius 2 is 2.20 bits per heavy atom. The Balaban J connectivity index is 2.82. The quantitative estimate of drug-likeness (QED) is 0.558. The maximum atomic E-state index is 13.7. The van der Waals surface area contributed by atoms with E-state index < -0.39 is 29.8 Å². The van der Waals surface area contributed by atoms with Gasteiger partial charge in [-0.3, -0.25) is 4.79 Å². The smallest absolute Gasteiger partial charge is 0.248 e. The molecule has 0 aromatic carbocycles. The van der Waals surface area contributed by atoms with E-state index in [1.165, 1.54) is 6.92 Å². The Morgan fingerprint density at radius 1 is 1.60 bits per heavy atom. The predicted octanol–water partition coefficient (Wildman–Crippen LogP) is 2.46. The van der Waals surface area contributed by atoms with Crippen LogP contribution in [0.5, 0.6) is 0 Å². The molecule has 0 aromatic rings. The zero-order valence-corrected chi connectivity index (χ0v) is 8.11. The van der Waals surface area contributed by atoms with E-state index in [4.69, 9.17) is 0 Å². The number of carbonyl (C=O) groups excluding carboxylic acids is 1. The predicted molar refractivity (Wildman–Crippen MR) is 49.8 cm³/mol. The van der Waals surface area contributed by atoms with Crippen LogP contribution < -0.4 is 5.32 Å². The van der Waals surface area contributed by atoms with Crippen molar-refractivity contribution in [2.75, 3.05) is 0 Å². The lowest BCUT2D eigenvalue weighted by molar-refractivity contribution is -0.120. The normalized spacial score (nSPS) is 25.3. The van der Waals surface area contributed by atoms with E-state index in [2.05, 4.69) is 6.58 Å². The highest BCUT2D eigenvalue weighted by Gasteiger charge is 2.34. The molecule has 1 amide bonds. The van der Waals surface area contributed by atoms with Crippen molar-refractivity contribution in [1.82, 2.24) is 5.32 Å². The number of hydrogen-bond donors (Lipinski definition) is 1. The number of rotatable bonds is 2. The summed E-state index contributed by atoms with van der Waals surface area (Å²) < 4.78 is 39.2. The van der Waals surface area contributed by atoms with Gasteiger partial charge in [-0.05, 0) is 6.92 Å². The van der Waals surface area contributed by atoms with E-state index >= 15 is 0 Å². The summed E-state index contributed by atoms with van der Waals surface area (Å²) in [7, 11) is 0. The lowest BCUT2D eigenvalue weighted by Crippen LogP contribution is -2.44. The van der Waals surface area contributed by atoms with E-state index in [-0.39, 0.29) is 5.57 Å². The fourth-order valence-corrected chi connectivity index (χ4v) is 1.13. The molecular formula is C10H10F3NO. The highest BCUT2D eigenvalue weighted by Crippen LogP contribution is 2.29. The van der Waals surface area contributed by atoms with Crippen molar-refractivity contribution in [2.24, 2.45) is 0 Å². The van der Waals surface area contributed by atoms with Gasteiger partial charge in [0.05, 0.1) is 6.42 Å². The summed E-state index contributed by atoms with van der Waals surface area (Å²) in [6.45, 7) is 4.66. The molecule has 1 N–H and O–H groups in total. The molecule has 0 saturated carbocycles. The first-order valence-electron chi connectivity index (χ1n) is 4.24. The molecule has 5 heteroatoms. The van der Waals surface area contributed by atoms with Gasteiger partial charge in [-0.15, -0.1) is 0 Å².